The van der Waals surface area contributed by atoms with Crippen LogP contribution in [-0.2, 0) is 11.0 Å². The number of hydrogen-bond donors (Lipinski definition) is 1. The molecule has 1 aliphatic rings. The molecule has 1 N–H and O–H groups in total. The highest BCUT2D eigenvalue weighted by Gasteiger charge is 2.32. The van der Waals surface area contributed by atoms with Crippen molar-refractivity contribution in [1.82, 2.24) is 10.3 Å². The van der Waals surface area contributed by atoms with E-state index in [0.717, 1.165) is 42.6 Å². The van der Waals surface area contributed by atoms with E-state index in [1.807, 2.05) is 27.7 Å². The molecule has 3 nitrogen and oxygen atoms in total. The zero-order valence-corrected chi connectivity index (χ0v) is 20.2. The summed E-state index contributed by atoms with van der Waals surface area (Å²) in [5.74, 6) is 0.597. The maximum Gasteiger partial charge on any atom is 0.417 e. The highest BCUT2D eigenvalue weighted by molar-refractivity contribution is 8.03. The number of pyridine rings is 1. The quantitative estimate of drug-likeness (QED) is 0.346. The molecular formula is C22H33F3N2OS2. The van der Waals surface area contributed by atoms with Crippen LogP contribution in [0.25, 0.3) is 0 Å². The molecule has 0 bridgehead atoms. The number of thioether (sulfide) groups is 2. The molecule has 0 unspecified atom stereocenters. The van der Waals surface area contributed by atoms with Crippen molar-refractivity contribution in [3.8, 4) is 0 Å². The molecular weight excluding hydrogens is 429 g/mol. The van der Waals surface area contributed by atoms with E-state index in [1.54, 1.807) is 25.6 Å². The predicted octanol–water partition coefficient (Wildman–Crippen LogP) is 7.11. The molecule has 2 rings (SSSR count). The number of nitrogens with zero attached hydrogens (tertiary/aromatic N) is 1. The largest absolute Gasteiger partial charge is 0.417 e. The Hall–Kier alpha value is -1.41. The lowest BCUT2D eigenvalue weighted by Crippen LogP contribution is -2.40. The summed E-state index contributed by atoms with van der Waals surface area (Å²) in [6.45, 7) is 12.0. The fourth-order valence-corrected chi connectivity index (χ4v) is 3.96. The standard InChI is InChI=1S/C18H21F3N2OS2.2C2H6/c1-17(2,26-15-9-8-13(12-23-15)18(19,20)21)16(24)22-10-11-25-14-6-4-3-5-7-14;2*1-2/h4,6-9,12H,3,5,10-11H2,1-2H3,(H,22,24);2*1-2H3. The van der Waals surface area contributed by atoms with E-state index in [-0.39, 0.29) is 5.91 Å². The first kappa shape index (κ1) is 28.6. The lowest BCUT2D eigenvalue weighted by Gasteiger charge is -2.22. The maximum atomic E-state index is 12.6. The van der Waals surface area contributed by atoms with Crippen molar-refractivity contribution in [2.45, 2.75) is 70.3 Å². The molecule has 1 heterocycles. The average molecular weight is 463 g/mol. The Morgan fingerprint density at radius 3 is 2.30 bits per heavy atom. The number of aromatic nitrogens is 1. The van der Waals surface area contributed by atoms with Crippen LogP contribution < -0.4 is 5.32 Å². The predicted molar refractivity (Wildman–Crippen MR) is 124 cm³/mol. The first-order chi connectivity index (χ1) is 14.2. The van der Waals surface area contributed by atoms with Gasteiger partial charge in [-0.3, -0.25) is 4.79 Å². The van der Waals surface area contributed by atoms with Gasteiger partial charge in [0.25, 0.3) is 0 Å². The van der Waals surface area contributed by atoms with Gasteiger partial charge >= 0.3 is 6.18 Å². The van der Waals surface area contributed by atoms with Crippen LogP contribution in [-0.4, -0.2) is 27.9 Å². The second-order valence-electron chi connectivity index (χ2n) is 6.19. The Balaban J connectivity index is 0.00000198. The number of allylic oxidation sites excluding steroid dienone is 3. The Labute approximate surface area is 187 Å². The van der Waals surface area contributed by atoms with Gasteiger partial charge in [-0.25, -0.2) is 4.98 Å². The topological polar surface area (TPSA) is 42.0 Å². The maximum absolute atomic E-state index is 12.6. The Morgan fingerprint density at radius 1 is 1.13 bits per heavy atom. The number of halogens is 3. The zero-order valence-electron chi connectivity index (χ0n) is 18.6. The molecule has 0 saturated carbocycles. The van der Waals surface area contributed by atoms with Gasteiger partial charge in [0.1, 0.15) is 0 Å². The van der Waals surface area contributed by atoms with E-state index < -0.39 is 16.5 Å². The SMILES string of the molecule is CC.CC.CC(C)(Sc1ccc(C(F)(F)F)cn1)C(=O)NCCSC1=CCCC=C1. The number of nitrogens with one attached hydrogen (secondary N) is 1. The first-order valence-electron chi connectivity index (χ1n) is 10.2. The van der Waals surface area contributed by atoms with Crippen LogP contribution in [0.1, 0.15) is 59.9 Å². The molecule has 0 atom stereocenters. The summed E-state index contributed by atoms with van der Waals surface area (Å²) < 4.78 is 36.9. The zero-order chi connectivity index (χ0) is 23.2. The first-order valence-corrected chi connectivity index (χ1v) is 12.0. The smallest absolute Gasteiger partial charge is 0.354 e. The van der Waals surface area contributed by atoms with Gasteiger partial charge in [0.2, 0.25) is 5.91 Å². The molecule has 1 aliphatic carbocycles. The molecule has 1 amide bonds. The van der Waals surface area contributed by atoms with E-state index in [2.05, 4.69) is 28.5 Å². The van der Waals surface area contributed by atoms with Crippen LogP contribution in [0.4, 0.5) is 13.2 Å². The van der Waals surface area contributed by atoms with Crippen molar-refractivity contribution >= 4 is 29.4 Å². The van der Waals surface area contributed by atoms with Gasteiger partial charge in [-0.05, 0) is 38.8 Å². The lowest BCUT2D eigenvalue weighted by atomic mass is 10.2. The van der Waals surface area contributed by atoms with Gasteiger partial charge in [0, 0.05) is 23.4 Å². The van der Waals surface area contributed by atoms with E-state index in [4.69, 9.17) is 0 Å². The molecule has 0 aromatic carbocycles. The van der Waals surface area contributed by atoms with Crippen LogP contribution >= 0.6 is 23.5 Å². The number of rotatable bonds is 7. The monoisotopic (exact) mass is 462 g/mol. The minimum atomic E-state index is -4.41. The van der Waals surface area contributed by atoms with E-state index >= 15 is 0 Å². The Bertz CT molecular complexity index is 685. The summed E-state index contributed by atoms with van der Waals surface area (Å²) in [6.07, 6.45) is 4.91. The van der Waals surface area contributed by atoms with Crippen molar-refractivity contribution in [3.05, 3.63) is 47.0 Å². The van der Waals surface area contributed by atoms with E-state index in [0.29, 0.717) is 11.6 Å². The summed E-state index contributed by atoms with van der Waals surface area (Å²) >= 11 is 2.83. The van der Waals surface area contributed by atoms with Crippen LogP contribution in [0, 0.1) is 0 Å². The molecule has 1 aromatic rings. The van der Waals surface area contributed by atoms with Crippen LogP contribution in [0.15, 0.2) is 46.5 Å². The molecule has 0 radical (unpaired) electrons. The molecule has 1 aromatic heterocycles. The van der Waals surface area contributed by atoms with Gasteiger partial charge in [-0.15, -0.1) is 11.8 Å². The third-order valence-electron chi connectivity index (χ3n) is 3.59. The van der Waals surface area contributed by atoms with Crippen molar-refractivity contribution in [1.29, 1.82) is 0 Å². The van der Waals surface area contributed by atoms with Crippen LogP contribution in [0.2, 0.25) is 0 Å². The van der Waals surface area contributed by atoms with Gasteiger partial charge < -0.3 is 5.32 Å². The van der Waals surface area contributed by atoms with Crippen molar-refractivity contribution in [2.75, 3.05) is 12.3 Å². The van der Waals surface area contributed by atoms with E-state index in [9.17, 15) is 18.0 Å². The number of alkyl halides is 3. The summed E-state index contributed by atoms with van der Waals surface area (Å²) in [7, 11) is 0. The van der Waals surface area contributed by atoms with E-state index in [1.165, 1.54) is 11.0 Å². The summed E-state index contributed by atoms with van der Waals surface area (Å²) in [5.41, 5.74) is -0.799. The summed E-state index contributed by atoms with van der Waals surface area (Å²) in [6, 6.07) is 2.27. The highest BCUT2D eigenvalue weighted by atomic mass is 32.2. The normalized spacial score (nSPS) is 13.3. The number of carbonyl (C=O) groups excluding carboxylic acids is 1. The van der Waals surface area contributed by atoms with Gasteiger partial charge in [0.05, 0.1) is 15.3 Å². The highest BCUT2D eigenvalue weighted by Crippen LogP contribution is 2.34. The van der Waals surface area contributed by atoms with Gasteiger partial charge in [0.15, 0.2) is 0 Å². The third-order valence-corrected chi connectivity index (χ3v) is 5.78. The fraction of sp³-hybridized carbons (Fsp3) is 0.545. The summed E-state index contributed by atoms with van der Waals surface area (Å²) in [5, 5.41) is 3.26. The van der Waals surface area contributed by atoms with Gasteiger partial charge in [-0.1, -0.05) is 57.7 Å². The minimum Gasteiger partial charge on any atom is -0.354 e. The number of hydrogen-bond acceptors (Lipinski definition) is 4. The van der Waals surface area contributed by atoms with Crippen molar-refractivity contribution in [3.63, 3.8) is 0 Å². The average Bonchev–Trinajstić information content (AvgIpc) is 2.74. The van der Waals surface area contributed by atoms with Crippen LogP contribution in [0.5, 0.6) is 0 Å². The third kappa shape index (κ3) is 10.6. The lowest BCUT2D eigenvalue weighted by molar-refractivity contribution is -0.137. The molecule has 0 aliphatic heterocycles. The molecule has 170 valence electrons. The minimum absolute atomic E-state index is 0.169. The second kappa shape index (κ2) is 14.6. The Morgan fingerprint density at radius 2 is 1.80 bits per heavy atom. The Kier molecular flexibility index (Phi) is 13.9. The molecule has 0 fully saturated rings. The van der Waals surface area contributed by atoms with Crippen molar-refractivity contribution < 1.29 is 18.0 Å². The number of amides is 1. The molecule has 0 spiro atoms. The van der Waals surface area contributed by atoms with Crippen molar-refractivity contribution in [2.24, 2.45) is 0 Å². The molecule has 8 heteroatoms. The van der Waals surface area contributed by atoms with Gasteiger partial charge in [-0.2, -0.15) is 13.2 Å². The summed E-state index contributed by atoms with van der Waals surface area (Å²) in [4.78, 5) is 17.4. The fourth-order valence-electron chi connectivity index (χ4n) is 2.16. The molecule has 30 heavy (non-hydrogen) atoms. The van der Waals surface area contributed by atoms with Crippen LogP contribution in [0.3, 0.4) is 0 Å². The second-order valence-corrected chi connectivity index (χ2v) is 9.00. The molecule has 0 saturated heterocycles. The number of carbonyl (C=O) groups is 1.